The van der Waals surface area contributed by atoms with Crippen LogP contribution in [0.1, 0.15) is 31.1 Å². The monoisotopic (exact) mass is 312 g/mol. The number of amides is 2. The number of nitrogens with one attached hydrogen (secondary N) is 2. The SMILES string of the molecule is CC(C)(C)C(=O)NCC(=O)Nc1ccc(C(=O)O)c(Cl)c1. The molecule has 0 unspecified atom stereocenters. The zero-order valence-corrected chi connectivity index (χ0v) is 12.7. The summed E-state index contributed by atoms with van der Waals surface area (Å²) in [5.74, 6) is -1.81. The number of benzene rings is 1. The van der Waals surface area contributed by atoms with Gasteiger partial charge in [0.15, 0.2) is 0 Å². The van der Waals surface area contributed by atoms with Gasteiger partial charge < -0.3 is 15.7 Å². The van der Waals surface area contributed by atoms with Crippen molar-refractivity contribution < 1.29 is 19.5 Å². The summed E-state index contributed by atoms with van der Waals surface area (Å²) in [7, 11) is 0. The molecule has 0 fully saturated rings. The van der Waals surface area contributed by atoms with Gasteiger partial charge in [-0.1, -0.05) is 32.4 Å². The third-order valence-electron chi connectivity index (χ3n) is 2.57. The van der Waals surface area contributed by atoms with Crippen molar-refractivity contribution in [3.05, 3.63) is 28.8 Å². The van der Waals surface area contributed by atoms with Crippen molar-refractivity contribution in [2.75, 3.05) is 11.9 Å². The molecule has 0 aliphatic rings. The largest absolute Gasteiger partial charge is 0.478 e. The van der Waals surface area contributed by atoms with E-state index >= 15 is 0 Å². The molecule has 0 radical (unpaired) electrons. The zero-order chi connectivity index (χ0) is 16.2. The second-order valence-corrected chi connectivity index (χ2v) is 5.89. The lowest BCUT2D eigenvalue weighted by molar-refractivity contribution is -0.130. The normalized spacial score (nSPS) is 10.9. The van der Waals surface area contributed by atoms with E-state index in [0.29, 0.717) is 5.69 Å². The fraction of sp³-hybridized carbons (Fsp3) is 0.357. The van der Waals surface area contributed by atoms with Crippen LogP contribution in [0.5, 0.6) is 0 Å². The van der Waals surface area contributed by atoms with Gasteiger partial charge in [-0.05, 0) is 18.2 Å². The molecular weight excluding hydrogens is 296 g/mol. The maximum absolute atomic E-state index is 11.7. The molecule has 21 heavy (non-hydrogen) atoms. The topological polar surface area (TPSA) is 95.5 Å². The number of carboxylic acids is 1. The summed E-state index contributed by atoms with van der Waals surface area (Å²) in [6.45, 7) is 5.05. The second kappa shape index (κ2) is 6.58. The highest BCUT2D eigenvalue weighted by atomic mass is 35.5. The van der Waals surface area contributed by atoms with E-state index < -0.39 is 17.3 Å². The molecule has 1 rings (SSSR count). The minimum Gasteiger partial charge on any atom is -0.478 e. The number of carbonyl (C=O) groups is 3. The number of rotatable bonds is 4. The van der Waals surface area contributed by atoms with Crippen LogP contribution in [0.15, 0.2) is 18.2 Å². The summed E-state index contributed by atoms with van der Waals surface area (Å²) in [6.07, 6.45) is 0. The molecular formula is C14H17ClN2O4. The average molecular weight is 313 g/mol. The summed E-state index contributed by atoms with van der Waals surface area (Å²) in [5, 5.41) is 13.9. The van der Waals surface area contributed by atoms with Crippen molar-refractivity contribution in [3.8, 4) is 0 Å². The van der Waals surface area contributed by atoms with Crippen molar-refractivity contribution >= 4 is 35.1 Å². The number of aromatic carboxylic acids is 1. The smallest absolute Gasteiger partial charge is 0.337 e. The van der Waals surface area contributed by atoms with Crippen LogP contribution in [0.2, 0.25) is 5.02 Å². The molecule has 3 N–H and O–H groups in total. The molecule has 7 heteroatoms. The summed E-state index contributed by atoms with van der Waals surface area (Å²) in [6, 6.07) is 4.07. The minimum atomic E-state index is -1.14. The predicted molar refractivity (Wildman–Crippen MR) is 79.5 cm³/mol. The quantitative estimate of drug-likeness (QED) is 0.793. The molecule has 6 nitrogen and oxygen atoms in total. The van der Waals surface area contributed by atoms with E-state index in [1.54, 1.807) is 20.8 Å². The Labute approximate surface area is 127 Å². The van der Waals surface area contributed by atoms with Crippen LogP contribution in [-0.2, 0) is 9.59 Å². The van der Waals surface area contributed by atoms with Gasteiger partial charge in [0.25, 0.3) is 0 Å². The van der Waals surface area contributed by atoms with E-state index in [1.807, 2.05) is 0 Å². The fourth-order valence-electron chi connectivity index (χ4n) is 1.40. The van der Waals surface area contributed by atoms with Gasteiger partial charge in [0, 0.05) is 11.1 Å². The van der Waals surface area contributed by atoms with Crippen molar-refractivity contribution in [2.24, 2.45) is 5.41 Å². The number of anilines is 1. The molecule has 0 aliphatic carbocycles. The predicted octanol–water partition coefficient (Wildman–Crippen LogP) is 2.14. The molecule has 1 aromatic rings. The molecule has 0 spiro atoms. The standard InChI is InChI=1S/C14H17ClN2O4/c1-14(2,3)13(21)16-7-11(18)17-8-4-5-9(12(19)20)10(15)6-8/h4-6H,7H2,1-3H3,(H,16,21)(H,17,18)(H,19,20). The maximum atomic E-state index is 11.7. The first-order chi connectivity index (χ1) is 9.61. The first-order valence-electron chi connectivity index (χ1n) is 6.22. The number of hydrogen-bond acceptors (Lipinski definition) is 3. The van der Waals surface area contributed by atoms with Crippen LogP contribution >= 0.6 is 11.6 Å². The Bertz CT molecular complexity index is 579. The highest BCUT2D eigenvalue weighted by Gasteiger charge is 2.21. The van der Waals surface area contributed by atoms with E-state index in [4.69, 9.17) is 16.7 Å². The van der Waals surface area contributed by atoms with Gasteiger partial charge in [-0.15, -0.1) is 0 Å². The van der Waals surface area contributed by atoms with Gasteiger partial charge >= 0.3 is 5.97 Å². The highest BCUT2D eigenvalue weighted by molar-refractivity contribution is 6.33. The molecule has 0 atom stereocenters. The van der Waals surface area contributed by atoms with Crippen molar-refractivity contribution in [3.63, 3.8) is 0 Å². The maximum Gasteiger partial charge on any atom is 0.337 e. The van der Waals surface area contributed by atoms with Crippen LogP contribution in [0.25, 0.3) is 0 Å². The van der Waals surface area contributed by atoms with Crippen LogP contribution in [-0.4, -0.2) is 29.4 Å². The van der Waals surface area contributed by atoms with Gasteiger partial charge in [0.2, 0.25) is 11.8 Å². The summed E-state index contributed by atoms with van der Waals surface area (Å²) in [4.78, 5) is 34.1. The first kappa shape index (κ1) is 17.0. The third kappa shape index (κ3) is 5.07. The second-order valence-electron chi connectivity index (χ2n) is 5.48. The highest BCUT2D eigenvalue weighted by Crippen LogP contribution is 2.21. The van der Waals surface area contributed by atoms with Gasteiger partial charge in [0.05, 0.1) is 17.1 Å². The van der Waals surface area contributed by atoms with E-state index in [0.717, 1.165) is 0 Å². The third-order valence-corrected chi connectivity index (χ3v) is 2.89. The van der Waals surface area contributed by atoms with Crippen molar-refractivity contribution in [1.82, 2.24) is 5.32 Å². The molecule has 0 aliphatic heterocycles. The van der Waals surface area contributed by atoms with E-state index in [9.17, 15) is 14.4 Å². The Hall–Kier alpha value is -2.08. The molecule has 1 aromatic carbocycles. The molecule has 0 heterocycles. The lowest BCUT2D eigenvalue weighted by Gasteiger charge is -2.17. The molecule has 114 valence electrons. The molecule has 2 amide bonds. The number of halogens is 1. The number of carbonyl (C=O) groups excluding carboxylic acids is 2. The van der Waals surface area contributed by atoms with Crippen molar-refractivity contribution in [1.29, 1.82) is 0 Å². The Kier molecular flexibility index (Phi) is 5.32. The van der Waals surface area contributed by atoms with Crippen molar-refractivity contribution in [2.45, 2.75) is 20.8 Å². The average Bonchev–Trinajstić information content (AvgIpc) is 2.34. The van der Waals surface area contributed by atoms with Crippen LogP contribution in [0.3, 0.4) is 0 Å². The zero-order valence-electron chi connectivity index (χ0n) is 12.0. The Morgan fingerprint density at radius 3 is 2.33 bits per heavy atom. The Morgan fingerprint density at radius 2 is 1.86 bits per heavy atom. The molecule has 0 aromatic heterocycles. The van der Waals surface area contributed by atoms with Crippen LogP contribution in [0.4, 0.5) is 5.69 Å². The number of hydrogen-bond donors (Lipinski definition) is 3. The van der Waals surface area contributed by atoms with Crippen LogP contribution < -0.4 is 10.6 Å². The van der Waals surface area contributed by atoms with E-state index in [-0.39, 0.29) is 23.0 Å². The fourth-order valence-corrected chi connectivity index (χ4v) is 1.66. The molecule has 0 saturated carbocycles. The number of carboxylic acid groups (broad SMARTS) is 1. The summed E-state index contributed by atoms with van der Waals surface area (Å²) < 4.78 is 0. The Morgan fingerprint density at radius 1 is 1.24 bits per heavy atom. The van der Waals surface area contributed by atoms with E-state index in [2.05, 4.69) is 10.6 Å². The molecule has 0 saturated heterocycles. The van der Waals surface area contributed by atoms with Gasteiger partial charge in [-0.3, -0.25) is 9.59 Å². The van der Waals surface area contributed by atoms with E-state index in [1.165, 1.54) is 18.2 Å². The van der Waals surface area contributed by atoms with Gasteiger partial charge in [-0.25, -0.2) is 4.79 Å². The molecule has 0 bridgehead atoms. The summed E-state index contributed by atoms with van der Waals surface area (Å²) in [5.41, 5.74) is -0.261. The first-order valence-corrected chi connectivity index (χ1v) is 6.60. The summed E-state index contributed by atoms with van der Waals surface area (Å²) >= 11 is 5.79. The lowest BCUT2D eigenvalue weighted by Crippen LogP contribution is -2.39. The van der Waals surface area contributed by atoms with Gasteiger partial charge in [-0.2, -0.15) is 0 Å². The van der Waals surface area contributed by atoms with Crippen LogP contribution in [0, 0.1) is 5.41 Å². The lowest BCUT2D eigenvalue weighted by atomic mass is 9.96. The Balaban J connectivity index is 2.62. The van der Waals surface area contributed by atoms with Gasteiger partial charge in [0.1, 0.15) is 0 Å². The minimum absolute atomic E-state index is 0.0269.